The predicted octanol–water partition coefficient (Wildman–Crippen LogP) is 3.28. The van der Waals surface area contributed by atoms with Gasteiger partial charge in [-0.05, 0) is 18.1 Å². The normalized spacial score (nSPS) is 28.4. The fourth-order valence-corrected chi connectivity index (χ4v) is 3.51. The van der Waals surface area contributed by atoms with E-state index in [1.165, 1.54) is 0 Å². The molecule has 2 saturated heterocycles. The van der Waals surface area contributed by atoms with E-state index in [9.17, 15) is 4.79 Å². The van der Waals surface area contributed by atoms with E-state index in [4.69, 9.17) is 9.57 Å². The lowest BCUT2D eigenvalue weighted by molar-refractivity contribution is -0.202. The van der Waals surface area contributed by atoms with Crippen LogP contribution in [-0.4, -0.2) is 23.7 Å². The molecule has 2 aromatic rings. The molecule has 0 unspecified atom stereocenters. The maximum absolute atomic E-state index is 12.2. The van der Waals surface area contributed by atoms with Crippen LogP contribution in [0.4, 0.5) is 0 Å². The first-order valence-corrected chi connectivity index (χ1v) is 7.97. The van der Waals surface area contributed by atoms with E-state index in [1.54, 1.807) is 0 Å². The molecule has 0 amide bonds. The van der Waals surface area contributed by atoms with Gasteiger partial charge in [-0.1, -0.05) is 60.7 Å². The van der Waals surface area contributed by atoms with Crippen LogP contribution in [0.3, 0.4) is 0 Å². The highest BCUT2D eigenvalue weighted by Crippen LogP contribution is 2.45. The third-order valence-electron chi connectivity index (χ3n) is 4.76. The molecule has 2 fully saturated rings. The Balaban J connectivity index is 1.66. The maximum atomic E-state index is 12.2. The zero-order chi connectivity index (χ0) is 15.8. The number of hydrogen-bond acceptors (Lipinski definition) is 4. The molecule has 2 aromatic carbocycles. The lowest BCUT2D eigenvalue weighted by atomic mass is 9.92. The van der Waals surface area contributed by atoms with E-state index >= 15 is 0 Å². The first-order valence-electron chi connectivity index (χ1n) is 7.97. The maximum Gasteiger partial charge on any atom is 0.326 e. The van der Waals surface area contributed by atoms with Gasteiger partial charge in [-0.2, -0.15) is 5.06 Å². The number of nitrogens with zero attached hydrogens (tertiary/aromatic N) is 1. The number of carbonyl (C=O) groups excluding carboxylic acids is 1. The largest absolute Gasteiger partial charge is 0.464 e. The summed E-state index contributed by atoms with van der Waals surface area (Å²) in [6.45, 7) is 2.48. The topological polar surface area (TPSA) is 38.8 Å². The molecule has 4 heteroatoms. The number of benzene rings is 2. The van der Waals surface area contributed by atoms with E-state index in [0.29, 0.717) is 6.61 Å². The van der Waals surface area contributed by atoms with Crippen LogP contribution < -0.4 is 0 Å². The Bertz CT molecular complexity index is 688. The summed E-state index contributed by atoms with van der Waals surface area (Å²) in [4.78, 5) is 18.5. The lowest BCUT2D eigenvalue weighted by Crippen LogP contribution is -2.37. The average molecular weight is 309 g/mol. The molecule has 0 aromatic heterocycles. The van der Waals surface area contributed by atoms with Crippen LogP contribution in [0.2, 0.25) is 0 Å². The van der Waals surface area contributed by atoms with Gasteiger partial charge >= 0.3 is 5.97 Å². The van der Waals surface area contributed by atoms with Crippen molar-refractivity contribution in [1.29, 1.82) is 0 Å². The highest BCUT2D eigenvalue weighted by molar-refractivity contribution is 5.78. The second-order valence-electron chi connectivity index (χ2n) is 6.12. The molecule has 0 spiro atoms. The minimum Gasteiger partial charge on any atom is -0.464 e. The van der Waals surface area contributed by atoms with Crippen molar-refractivity contribution < 1.29 is 14.4 Å². The molecule has 118 valence electrons. The highest BCUT2D eigenvalue weighted by atomic mass is 16.7. The summed E-state index contributed by atoms with van der Waals surface area (Å²) in [7, 11) is 0. The lowest BCUT2D eigenvalue weighted by Gasteiger charge is -2.27. The molecule has 2 aliphatic rings. The summed E-state index contributed by atoms with van der Waals surface area (Å²) in [6.07, 6.45) is -0.140. The van der Waals surface area contributed by atoms with Gasteiger partial charge < -0.3 is 4.74 Å². The fourth-order valence-electron chi connectivity index (χ4n) is 3.51. The first-order chi connectivity index (χ1) is 11.3. The minimum absolute atomic E-state index is 0.0111. The molecule has 4 rings (SSSR count). The third kappa shape index (κ3) is 2.44. The second-order valence-corrected chi connectivity index (χ2v) is 6.12. The smallest absolute Gasteiger partial charge is 0.326 e. The van der Waals surface area contributed by atoms with Crippen LogP contribution in [0.1, 0.15) is 30.2 Å². The first kappa shape index (κ1) is 14.4. The standard InChI is InChI=1S/C19H19NO3/c1-13(14-8-4-2-5-9-14)20-17-16(12-22-19(17)21)18(23-20)15-10-6-3-7-11-15/h2-11,13,16-18H,12H2,1H3/t13-,16+,17+,18+/m0/s1. The molecule has 0 N–H and O–H groups in total. The van der Waals surface area contributed by atoms with Crippen molar-refractivity contribution >= 4 is 5.97 Å². The Morgan fingerprint density at radius 1 is 1.04 bits per heavy atom. The number of rotatable bonds is 3. The molecule has 4 nitrogen and oxygen atoms in total. The molecule has 4 atom stereocenters. The highest BCUT2D eigenvalue weighted by Gasteiger charge is 2.54. The van der Waals surface area contributed by atoms with Crippen LogP contribution >= 0.6 is 0 Å². The minimum atomic E-state index is -0.338. The van der Waals surface area contributed by atoms with Gasteiger partial charge in [0, 0.05) is 0 Å². The van der Waals surface area contributed by atoms with Crippen molar-refractivity contribution in [3.05, 3.63) is 71.8 Å². The Morgan fingerprint density at radius 2 is 1.70 bits per heavy atom. The van der Waals surface area contributed by atoms with Gasteiger partial charge in [0.1, 0.15) is 12.1 Å². The van der Waals surface area contributed by atoms with E-state index in [1.807, 2.05) is 53.6 Å². The van der Waals surface area contributed by atoms with Crippen LogP contribution in [0, 0.1) is 5.92 Å². The van der Waals surface area contributed by atoms with Gasteiger partial charge in [-0.15, -0.1) is 0 Å². The molecule has 0 aliphatic carbocycles. The molecule has 2 heterocycles. The fraction of sp³-hybridized carbons (Fsp3) is 0.316. The van der Waals surface area contributed by atoms with Gasteiger partial charge in [0.2, 0.25) is 0 Å². The monoisotopic (exact) mass is 309 g/mol. The van der Waals surface area contributed by atoms with Crippen molar-refractivity contribution in [1.82, 2.24) is 5.06 Å². The summed E-state index contributed by atoms with van der Waals surface area (Å²) >= 11 is 0. The molecule has 0 saturated carbocycles. The summed E-state index contributed by atoms with van der Waals surface area (Å²) in [5.41, 5.74) is 2.21. The number of cyclic esters (lactones) is 1. The summed E-state index contributed by atoms with van der Waals surface area (Å²) in [6, 6.07) is 19.8. The Hall–Kier alpha value is -2.17. The van der Waals surface area contributed by atoms with Gasteiger partial charge in [0.15, 0.2) is 0 Å². The van der Waals surface area contributed by atoms with Crippen molar-refractivity contribution in [3.8, 4) is 0 Å². The van der Waals surface area contributed by atoms with Crippen LogP contribution in [-0.2, 0) is 14.4 Å². The summed E-state index contributed by atoms with van der Waals surface area (Å²) in [5.74, 6) is -0.146. The average Bonchev–Trinajstić information content (AvgIpc) is 3.17. The van der Waals surface area contributed by atoms with Gasteiger partial charge in [0.25, 0.3) is 0 Å². The quantitative estimate of drug-likeness (QED) is 0.816. The van der Waals surface area contributed by atoms with Crippen molar-refractivity contribution in [2.24, 2.45) is 5.92 Å². The van der Waals surface area contributed by atoms with Gasteiger partial charge in [0.05, 0.1) is 18.6 Å². The summed E-state index contributed by atoms with van der Waals surface area (Å²) in [5, 5.41) is 1.83. The van der Waals surface area contributed by atoms with Crippen LogP contribution in [0.15, 0.2) is 60.7 Å². The Morgan fingerprint density at radius 3 is 2.39 bits per heavy atom. The van der Waals surface area contributed by atoms with Gasteiger partial charge in [-0.25, -0.2) is 0 Å². The van der Waals surface area contributed by atoms with Crippen molar-refractivity contribution in [2.45, 2.75) is 25.1 Å². The van der Waals surface area contributed by atoms with E-state index in [2.05, 4.69) is 19.1 Å². The van der Waals surface area contributed by atoms with E-state index < -0.39 is 0 Å². The SMILES string of the molecule is C[C@@H](c1ccccc1)N1O[C@H](c2ccccc2)[C@@H]2COC(=O)[C@@H]21. The molecule has 0 bridgehead atoms. The molecular formula is C19H19NO3. The number of fused-ring (bicyclic) bond motifs is 1. The molecular weight excluding hydrogens is 290 g/mol. The Labute approximate surface area is 135 Å². The summed E-state index contributed by atoms with van der Waals surface area (Å²) < 4.78 is 5.33. The third-order valence-corrected chi connectivity index (χ3v) is 4.76. The second kappa shape index (κ2) is 5.80. The van der Waals surface area contributed by atoms with E-state index in [0.717, 1.165) is 11.1 Å². The van der Waals surface area contributed by atoms with Crippen molar-refractivity contribution in [3.63, 3.8) is 0 Å². The number of hydroxylamine groups is 2. The number of ether oxygens (including phenoxy) is 1. The Kier molecular flexibility index (Phi) is 3.63. The zero-order valence-corrected chi connectivity index (χ0v) is 13.0. The molecule has 2 aliphatic heterocycles. The van der Waals surface area contributed by atoms with E-state index in [-0.39, 0.29) is 30.1 Å². The van der Waals surface area contributed by atoms with Crippen molar-refractivity contribution in [2.75, 3.05) is 6.61 Å². The number of carbonyl (C=O) groups is 1. The zero-order valence-electron chi connectivity index (χ0n) is 13.0. The molecule has 0 radical (unpaired) electrons. The van der Waals surface area contributed by atoms with Crippen LogP contribution in [0.5, 0.6) is 0 Å². The van der Waals surface area contributed by atoms with Crippen LogP contribution in [0.25, 0.3) is 0 Å². The number of hydrogen-bond donors (Lipinski definition) is 0. The van der Waals surface area contributed by atoms with Gasteiger partial charge in [-0.3, -0.25) is 9.63 Å². The predicted molar refractivity (Wildman–Crippen MR) is 85.2 cm³/mol. The molecule has 23 heavy (non-hydrogen) atoms. The number of esters is 1.